The number of pyridine rings is 1. The monoisotopic (exact) mass is 250 g/mol. The average molecular weight is 250 g/mol. The van der Waals surface area contributed by atoms with E-state index in [1.165, 1.54) is 0 Å². The minimum absolute atomic E-state index is 0.188. The van der Waals surface area contributed by atoms with Gasteiger partial charge in [0.25, 0.3) is 0 Å². The number of hydrogen-bond acceptors (Lipinski definition) is 5. The van der Waals surface area contributed by atoms with Crippen molar-refractivity contribution < 1.29 is 5.11 Å². The van der Waals surface area contributed by atoms with Gasteiger partial charge in [-0.2, -0.15) is 0 Å². The quantitative estimate of drug-likeness (QED) is 0.548. The maximum Gasteiger partial charge on any atom is 0.144 e. The predicted molar refractivity (Wildman–Crippen MR) is 71.7 cm³/mol. The molecule has 0 aliphatic carbocycles. The van der Waals surface area contributed by atoms with Crippen LogP contribution in [0.25, 0.3) is 0 Å². The number of nitrogen functional groups attached to an aromatic ring is 1. The molecular formula is C13H22N4O. The van der Waals surface area contributed by atoms with E-state index < -0.39 is 0 Å². The molecule has 5 nitrogen and oxygen atoms in total. The summed E-state index contributed by atoms with van der Waals surface area (Å²) in [7, 11) is 0. The van der Waals surface area contributed by atoms with Gasteiger partial charge in [0.15, 0.2) is 0 Å². The Kier molecular flexibility index (Phi) is 4.52. The van der Waals surface area contributed by atoms with Crippen LogP contribution in [0.15, 0.2) is 18.3 Å². The van der Waals surface area contributed by atoms with Gasteiger partial charge >= 0.3 is 0 Å². The molecule has 1 unspecified atom stereocenters. The number of hydrazine groups is 1. The smallest absolute Gasteiger partial charge is 0.144 e. The number of nitrogens with one attached hydrogen (secondary N) is 1. The molecule has 1 aliphatic rings. The maximum atomic E-state index is 9.58. The van der Waals surface area contributed by atoms with Crippen LogP contribution in [-0.4, -0.2) is 34.2 Å². The molecule has 4 N–H and O–H groups in total. The fourth-order valence-electron chi connectivity index (χ4n) is 2.53. The van der Waals surface area contributed by atoms with Crippen molar-refractivity contribution in [3.8, 4) is 0 Å². The van der Waals surface area contributed by atoms with Crippen molar-refractivity contribution in [3.05, 3.63) is 23.9 Å². The third kappa shape index (κ3) is 3.19. The lowest BCUT2D eigenvalue weighted by atomic mass is 9.92. The molecule has 1 saturated heterocycles. The van der Waals surface area contributed by atoms with Crippen molar-refractivity contribution in [2.45, 2.75) is 32.4 Å². The van der Waals surface area contributed by atoms with Gasteiger partial charge in [0.2, 0.25) is 0 Å². The van der Waals surface area contributed by atoms with E-state index in [0.29, 0.717) is 5.92 Å². The molecule has 5 heteroatoms. The highest BCUT2D eigenvalue weighted by atomic mass is 16.3. The normalized spacial score (nSPS) is 19.7. The zero-order valence-electron chi connectivity index (χ0n) is 10.8. The first-order valence-electron chi connectivity index (χ1n) is 6.51. The molecule has 100 valence electrons. The molecule has 0 spiro atoms. The molecule has 1 aliphatic heterocycles. The largest absolute Gasteiger partial charge is 0.393 e. The second-order valence-electron chi connectivity index (χ2n) is 5.01. The minimum atomic E-state index is -0.188. The number of aliphatic hydroxyl groups excluding tert-OH is 1. The standard InChI is InChI=1S/C13H22N4O/c1-10(18)11-4-7-17(8-5-11)9-12-3-2-6-15-13(12)16-14/h2-3,6,10-11,18H,4-5,7-9,14H2,1H3,(H,15,16). The van der Waals surface area contributed by atoms with Crippen molar-refractivity contribution in [3.63, 3.8) is 0 Å². The Morgan fingerprint density at radius 2 is 2.28 bits per heavy atom. The molecule has 0 aromatic carbocycles. The van der Waals surface area contributed by atoms with Crippen molar-refractivity contribution >= 4 is 5.82 Å². The van der Waals surface area contributed by atoms with E-state index >= 15 is 0 Å². The third-order valence-electron chi connectivity index (χ3n) is 3.74. The Hall–Kier alpha value is -1.17. The van der Waals surface area contributed by atoms with Crippen LogP contribution in [0.3, 0.4) is 0 Å². The highest BCUT2D eigenvalue weighted by Gasteiger charge is 2.22. The number of piperidine rings is 1. The van der Waals surface area contributed by atoms with Crippen LogP contribution >= 0.6 is 0 Å². The Bertz CT molecular complexity index is 375. The number of anilines is 1. The summed E-state index contributed by atoms with van der Waals surface area (Å²) in [5.74, 6) is 6.65. The number of aliphatic hydroxyl groups is 1. The van der Waals surface area contributed by atoms with Crippen molar-refractivity contribution in [2.75, 3.05) is 18.5 Å². The third-order valence-corrected chi connectivity index (χ3v) is 3.74. The number of nitrogens with two attached hydrogens (primary N) is 1. The lowest BCUT2D eigenvalue weighted by Crippen LogP contribution is -2.36. The number of rotatable bonds is 4. The van der Waals surface area contributed by atoms with Gasteiger partial charge in [-0.05, 0) is 44.8 Å². The molecule has 1 aromatic rings. The second kappa shape index (κ2) is 6.13. The predicted octanol–water partition coefficient (Wildman–Crippen LogP) is 0.960. The Morgan fingerprint density at radius 3 is 2.89 bits per heavy atom. The molecular weight excluding hydrogens is 228 g/mol. The average Bonchev–Trinajstić information content (AvgIpc) is 2.40. The van der Waals surface area contributed by atoms with E-state index in [2.05, 4.69) is 15.3 Å². The van der Waals surface area contributed by atoms with Crippen LogP contribution in [0.5, 0.6) is 0 Å². The van der Waals surface area contributed by atoms with E-state index in [0.717, 1.165) is 43.9 Å². The number of hydrogen-bond donors (Lipinski definition) is 3. The zero-order valence-corrected chi connectivity index (χ0v) is 10.8. The number of likely N-dealkylation sites (tertiary alicyclic amines) is 1. The summed E-state index contributed by atoms with van der Waals surface area (Å²) < 4.78 is 0. The van der Waals surface area contributed by atoms with E-state index in [-0.39, 0.29) is 6.10 Å². The van der Waals surface area contributed by atoms with Gasteiger partial charge in [0, 0.05) is 18.3 Å². The molecule has 2 heterocycles. The molecule has 0 amide bonds. The van der Waals surface area contributed by atoms with Crippen LogP contribution in [0.4, 0.5) is 5.82 Å². The fourth-order valence-corrected chi connectivity index (χ4v) is 2.53. The summed E-state index contributed by atoms with van der Waals surface area (Å²) in [6, 6.07) is 3.97. The van der Waals surface area contributed by atoms with Gasteiger partial charge < -0.3 is 10.5 Å². The van der Waals surface area contributed by atoms with E-state index in [4.69, 9.17) is 5.84 Å². The summed E-state index contributed by atoms with van der Waals surface area (Å²) >= 11 is 0. The molecule has 1 aromatic heterocycles. The van der Waals surface area contributed by atoms with Gasteiger partial charge in [0.1, 0.15) is 5.82 Å². The van der Waals surface area contributed by atoms with E-state index in [1.807, 2.05) is 19.1 Å². The fraction of sp³-hybridized carbons (Fsp3) is 0.615. The van der Waals surface area contributed by atoms with Gasteiger partial charge in [-0.25, -0.2) is 10.8 Å². The summed E-state index contributed by atoms with van der Waals surface area (Å²) in [5, 5.41) is 9.58. The van der Waals surface area contributed by atoms with E-state index in [1.54, 1.807) is 6.20 Å². The van der Waals surface area contributed by atoms with Crippen LogP contribution in [-0.2, 0) is 6.54 Å². The molecule has 2 rings (SSSR count). The lowest BCUT2D eigenvalue weighted by molar-refractivity contribution is 0.0696. The summed E-state index contributed by atoms with van der Waals surface area (Å²) in [6.07, 6.45) is 3.66. The summed E-state index contributed by atoms with van der Waals surface area (Å²) in [4.78, 5) is 6.59. The van der Waals surface area contributed by atoms with Crippen LogP contribution in [0.2, 0.25) is 0 Å². The number of aromatic nitrogens is 1. The maximum absolute atomic E-state index is 9.58. The van der Waals surface area contributed by atoms with Gasteiger partial charge in [0.05, 0.1) is 6.10 Å². The highest BCUT2D eigenvalue weighted by molar-refractivity contribution is 5.42. The first kappa shape index (κ1) is 13.3. The Balaban J connectivity index is 1.91. The lowest BCUT2D eigenvalue weighted by Gasteiger charge is -2.33. The van der Waals surface area contributed by atoms with Gasteiger partial charge in [-0.15, -0.1) is 0 Å². The van der Waals surface area contributed by atoms with Crippen LogP contribution in [0, 0.1) is 5.92 Å². The summed E-state index contributed by atoms with van der Waals surface area (Å²) in [5.41, 5.74) is 3.76. The minimum Gasteiger partial charge on any atom is -0.393 e. The highest BCUT2D eigenvalue weighted by Crippen LogP contribution is 2.23. The Morgan fingerprint density at radius 1 is 1.56 bits per heavy atom. The molecule has 1 atom stereocenters. The van der Waals surface area contributed by atoms with Crippen molar-refractivity contribution in [1.82, 2.24) is 9.88 Å². The topological polar surface area (TPSA) is 74.4 Å². The van der Waals surface area contributed by atoms with Crippen molar-refractivity contribution in [1.29, 1.82) is 0 Å². The number of nitrogens with zero attached hydrogens (tertiary/aromatic N) is 2. The second-order valence-corrected chi connectivity index (χ2v) is 5.01. The van der Waals surface area contributed by atoms with Gasteiger partial charge in [-0.1, -0.05) is 6.07 Å². The van der Waals surface area contributed by atoms with Crippen LogP contribution in [0.1, 0.15) is 25.3 Å². The molecule has 1 fully saturated rings. The van der Waals surface area contributed by atoms with Crippen LogP contribution < -0.4 is 11.3 Å². The first-order valence-corrected chi connectivity index (χ1v) is 6.51. The van der Waals surface area contributed by atoms with Gasteiger partial charge in [-0.3, -0.25) is 4.90 Å². The molecule has 0 radical (unpaired) electrons. The summed E-state index contributed by atoms with van der Waals surface area (Å²) in [6.45, 7) is 4.79. The van der Waals surface area contributed by atoms with E-state index in [9.17, 15) is 5.11 Å². The first-order chi connectivity index (χ1) is 8.70. The molecule has 0 saturated carbocycles. The molecule has 0 bridgehead atoms. The SMILES string of the molecule is CC(O)C1CCN(Cc2cccnc2NN)CC1. The van der Waals surface area contributed by atoms with Crippen molar-refractivity contribution in [2.24, 2.45) is 11.8 Å². The molecule has 18 heavy (non-hydrogen) atoms. The Labute approximate surface area is 108 Å². The zero-order chi connectivity index (χ0) is 13.0.